The van der Waals surface area contributed by atoms with Gasteiger partial charge in [-0.15, -0.1) is 0 Å². The zero-order chi connectivity index (χ0) is 19.7. The normalized spacial score (nSPS) is 11.4. The number of aromatic nitrogens is 2. The zero-order valence-electron chi connectivity index (χ0n) is 14.5. The Labute approximate surface area is 179 Å². The van der Waals surface area contributed by atoms with E-state index < -0.39 is 0 Å². The van der Waals surface area contributed by atoms with Gasteiger partial charge in [-0.25, -0.2) is 4.98 Å². The van der Waals surface area contributed by atoms with Crippen LogP contribution in [-0.2, 0) is 0 Å². The smallest absolute Gasteiger partial charge is 0.266 e. The van der Waals surface area contributed by atoms with Crippen LogP contribution >= 0.6 is 34.2 Å². The third-order valence-corrected chi connectivity index (χ3v) is 5.29. The quantitative estimate of drug-likeness (QED) is 0.377. The van der Waals surface area contributed by atoms with E-state index in [0.29, 0.717) is 33.0 Å². The van der Waals surface area contributed by atoms with Crippen molar-refractivity contribution in [2.75, 3.05) is 0 Å². The average molecular weight is 501 g/mol. The predicted molar refractivity (Wildman–Crippen MR) is 122 cm³/mol. The topological polar surface area (TPSA) is 55.1 Å². The van der Waals surface area contributed by atoms with E-state index in [9.17, 15) is 9.90 Å². The van der Waals surface area contributed by atoms with Gasteiger partial charge in [0.1, 0.15) is 11.6 Å². The van der Waals surface area contributed by atoms with E-state index >= 15 is 0 Å². The molecule has 0 fully saturated rings. The first kappa shape index (κ1) is 18.7. The number of phenols is 1. The number of benzene rings is 3. The maximum Gasteiger partial charge on any atom is 0.266 e. The van der Waals surface area contributed by atoms with Crippen molar-refractivity contribution in [2.45, 2.75) is 0 Å². The van der Waals surface area contributed by atoms with Crippen molar-refractivity contribution >= 4 is 57.2 Å². The summed E-state index contributed by atoms with van der Waals surface area (Å²) in [6, 6.07) is 19.7. The van der Waals surface area contributed by atoms with Gasteiger partial charge in [-0.3, -0.25) is 9.36 Å². The van der Waals surface area contributed by atoms with E-state index in [0.717, 1.165) is 3.57 Å². The standard InChI is InChI=1S/C22H14ClIN2O2/c23-17-6-2-3-7-19(17)26-21(12-9-14-5-1-4-8-20(14)27)25-18-11-10-15(24)13-16(18)22(26)28/h1-13,27H/b12-9+. The summed E-state index contributed by atoms with van der Waals surface area (Å²) in [5.74, 6) is 0.579. The minimum absolute atomic E-state index is 0.153. The Morgan fingerprint density at radius 2 is 1.75 bits per heavy atom. The summed E-state index contributed by atoms with van der Waals surface area (Å²) in [6.07, 6.45) is 3.43. The van der Waals surface area contributed by atoms with Gasteiger partial charge in [0.2, 0.25) is 0 Å². The summed E-state index contributed by atoms with van der Waals surface area (Å²) >= 11 is 8.55. The first-order valence-electron chi connectivity index (χ1n) is 8.48. The van der Waals surface area contributed by atoms with Gasteiger partial charge in [0.05, 0.1) is 21.6 Å². The molecule has 1 N–H and O–H groups in total. The molecule has 0 radical (unpaired) electrons. The fourth-order valence-electron chi connectivity index (χ4n) is 2.95. The van der Waals surface area contributed by atoms with Crippen LogP contribution in [0.5, 0.6) is 5.75 Å². The highest BCUT2D eigenvalue weighted by Gasteiger charge is 2.13. The lowest BCUT2D eigenvalue weighted by Gasteiger charge is -2.13. The van der Waals surface area contributed by atoms with Crippen LogP contribution < -0.4 is 5.56 Å². The molecular weight excluding hydrogens is 487 g/mol. The molecule has 1 aromatic heterocycles. The lowest BCUT2D eigenvalue weighted by atomic mass is 10.2. The fourth-order valence-corrected chi connectivity index (χ4v) is 3.66. The van der Waals surface area contributed by atoms with Crippen LogP contribution in [0.15, 0.2) is 71.5 Å². The molecule has 0 aliphatic rings. The van der Waals surface area contributed by atoms with Crippen LogP contribution in [0, 0.1) is 3.57 Å². The Hall–Kier alpha value is -2.64. The predicted octanol–water partition coefficient (Wildman–Crippen LogP) is 5.52. The van der Waals surface area contributed by atoms with Crippen LogP contribution in [0.4, 0.5) is 0 Å². The number of fused-ring (bicyclic) bond motifs is 1. The lowest BCUT2D eigenvalue weighted by Crippen LogP contribution is -2.22. The van der Waals surface area contributed by atoms with Gasteiger partial charge in [0, 0.05) is 9.13 Å². The molecule has 0 aliphatic heterocycles. The van der Waals surface area contributed by atoms with Gasteiger partial charge in [0.15, 0.2) is 0 Å². The molecule has 0 unspecified atom stereocenters. The minimum atomic E-state index is -0.200. The molecule has 4 rings (SSSR count). The Kier molecular flexibility index (Phi) is 5.19. The second-order valence-corrected chi connectivity index (χ2v) is 7.77. The van der Waals surface area contributed by atoms with Crippen molar-refractivity contribution in [2.24, 2.45) is 0 Å². The largest absolute Gasteiger partial charge is 0.507 e. The maximum absolute atomic E-state index is 13.3. The molecule has 0 aliphatic carbocycles. The summed E-state index contributed by atoms with van der Waals surface area (Å²) in [5, 5.41) is 11.0. The molecule has 28 heavy (non-hydrogen) atoms. The summed E-state index contributed by atoms with van der Waals surface area (Å²) in [5.41, 5.74) is 1.59. The molecule has 0 amide bonds. The SMILES string of the molecule is O=c1c2cc(I)ccc2nc(/C=C/c2ccccc2O)n1-c1ccccc1Cl. The number of nitrogens with zero attached hydrogens (tertiary/aromatic N) is 2. The van der Waals surface area contributed by atoms with Gasteiger partial charge < -0.3 is 5.11 Å². The van der Waals surface area contributed by atoms with E-state index in [1.54, 1.807) is 42.5 Å². The molecule has 138 valence electrons. The Bertz CT molecular complexity index is 1280. The highest BCUT2D eigenvalue weighted by molar-refractivity contribution is 14.1. The molecule has 1 heterocycles. The third-order valence-electron chi connectivity index (χ3n) is 4.30. The van der Waals surface area contributed by atoms with Gasteiger partial charge in [-0.1, -0.05) is 41.9 Å². The number of halogens is 2. The number of hydrogen-bond donors (Lipinski definition) is 1. The Balaban J connectivity index is 2.00. The van der Waals surface area contributed by atoms with Gasteiger partial charge in [-0.2, -0.15) is 0 Å². The number of hydrogen-bond acceptors (Lipinski definition) is 3. The number of phenolic OH excluding ortho intramolecular Hbond substituents is 1. The lowest BCUT2D eigenvalue weighted by molar-refractivity contribution is 0.474. The van der Waals surface area contributed by atoms with Crippen molar-refractivity contribution in [1.82, 2.24) is 9.55 Å². The van der Waals surface area contributed by atoms with Crippen molar-refractivity contribution in [3.8, 4) is 11.4 Å². The highest BCUT2D eigenvalue weighted by Crippen LogP contribution is 2.23. The highest BCUT2D eigenvalue weighted by atomic mass is 127. The van der Waals surface area contributed by atoms with Crippen molar-refractivity contribution in [3.05, 3.63) is 97.1 Å². The van der Waals surface area contributed by atoms with Crippen molar-refractivity contribution in [1.29, 1.82) is 0 Å². The maximum atomic E-state index is 13.3. The first-order valence-corrected chi connectivity index (χ1v) is 9.93. The van der Waals surface area contributed by atoms with Crippen LogP contribution in [-0.4, -0.2) is 14.7 Å². The van der Waals surface area contributed by atoms with Gasteiger partial charge in [-0.05, 0) is 71.1 Å². The second-order valence-electron chi connectivity index (χ2n) is 6.12. The first-order chi connectivity index (χ1) is 13.5. The van der Waals surface area contributed by atoms with Crippen molar-refractivity contribution in [3.63, 3.8) is 0 Å². The average Bonchev–Trinajstić information content (AvgIpc) is 2.69. The molecule has 0 saturated carbocycles. The molecule has 0 spiro atoms. The van der Waals surface area contributed by atoms with E-state index in [4.69, 9.17) is 11.6 Å². The second kappa shape index (κ2) is 7.77. The molecule has 4 nitrogen and oxygen atoms in total. The molecule has 6 heteroatoms. The van der Waals surface area contributed by atoms with Crippen LogP contribution in [0.1, 0.15) is 11.4 Å². The summed E-state index contributed by atoms with van der Waals surface area (Å²) in [7, 11) is 0. The van der Waals surface area contributed by atoms with Crippen molar-refractivity contribution < 1.29 is 5.11 Å². The van der Waals surface area contributed by atoms with Crippen LogP contribution in [0.2, 0.25) is 5.02 Å². The molecule has 0 saturated heterocycles. The summed E-state index contributed by atoms with van der Waals surface area (Å²) in [4.78, 5) is 18.0. The zero-order valence-corrected chi connectivity index (χ0v) is 17.4. The molecular formula is C22H14ClIN2O2. The van der Waals surface area contributed by atoms with Crippen LogP contribution in [0.25, 0.3) is 28.7 Å². The summed E-state index contributed by atoms with van der Waals surface area (Å²) in [6.45, 7) is 0. The van der Waals surface area contributed by atoms with E-state index in [1.807, 2.05) is 36.4 Å². The monoisotopic (exact) mass is 500 g/mol. The Morgan fingerprint density at radius 1 is 1.00 bits per heavy atom. The molecule has 0 atom stereocenters. The molecule has 4 aromatic rings. The molecule has 3 aromatic carbocycles. The van der Waals surface area contributed by atoms with E-state index in [1.165, 1.54) is 4.57 Å². The van der Waals surface area contributed by atoms with E-state index in [2.05, 4.69) is 27.6 Å². The fraction of sp³-hybridized carbons (Fsp3) is 0. The summed E-state index contributed by atoms with van der Waals surface area (Å²) < 4.78 is 2.45. The Morgan fingerprint density at radius 3 is 2.54 bits per heavy atom. The van der Waals surface area contributed by atoms with Gasteiger partial charge in [0.25, 0.3) is 5.56 Å². The van der Waals surface area contributed by atoms with Gasteiger partial charge >= 0.3 is 0 Å². The van der Waals surface area contributed by atoms with Crippen LogP contribution in [0.3, 0.4) is 0 Å². The molecule has 0 bridgehead atoms. The number of rotatable bonds is 3. The third kappa shape index (κ3) is 3.55. The van der Waals surface area contributed by atoms with E-state index in [-0.39, 0.29) is 11.3 Å². The number of aromatic hydroxyl groups is 1. The minimum Gasteiger partial charge on any atom is -0.507 e. The number of para-hydroxylation sites is 2.